The maximum atomic E-state index is 13.3. The number of aromatic nitrogens is 1. The molecule has 0 atom stereocenters. The molecule has 0 N–H and O–H groups in total. The molecule has 7 nitrogen and oxygen atoms in total. The van der Waals surface area contributed by atoms with Crippen molar-refractivity contribution in [3.05, 3.63) is 83.0 Å². The number of fused-ring (bicyclic) bond motifs is 1. The number of nitrogens with zero attached hydrogens (tertiary/aromatic N) is 2. The van der Waals surface area contributed by atoms with Crippen LogP contribution in [0.1, 0.15) is 43.7 Å². The highest BCUT2D eigenvalue weighted by atomic mass is 35.5. The first kappa shape index (κ1) is 28.0. The van der Waals surface area contributed by atoms with Crippen LogP contribution in [0.2, 0.25) is 5.02 Å². The number of anilines is 1. The van der Waals surface area contributed by atoms with E-state index in [0.717, 1.165) is 30.0 Å². The molecule has 0 aliphatic rings. The highest BCUT2D eigenvalue weighted by molar-refractivity contribution is 6.30. The largest absolute Gasteiger partial charge is 0.466 e. The van der Waals surface area contributed by atoms with Crippen LogP contribution in [0, 0.1) is 0 Å². The fourth-order valence-electron chi connectivity index (χ4n) is 4.70. The number of hydrogen-bond acceptors (Lipinski definition) is 6. The van der Waals surface area contributed by atoms with E-state index < -0.39 is 11.9 Å². The zero-order valence-electron chi connectivity index (χ0n) is 22.7. The van der Waals surface area contributed by atoms with E-state index in [1.807, 2.05) is 41.0 Å². The minimum absolute atomic E-state index is 0.0983. The van der Waals surface area contributed by atoms with Gasteiger partial charge in [-0.3, -0.25) is 4.79 Å². The van der Waals surface area contributed by atoms with Gasteiger partial charge in [-0.05, 0) is 88.4 Å². The van der Waals surface area contributed by atoms with Crippen molar-refractivity contribution in [2.45, 2.75) is 34.1 Å². The van der Waals surface area contributed by atoms with Crippen LogP contribution in [-0.4, -0.2) is 42.8 Å². The second-order valence-electron chi connectivity index (χ2n) is 8.79. The van der Waals surface area contributed by atoms with E-state index in [-0.39, 0.29) is 19.6 Å². The van der Waals surface area contributed by atoms with Gasteiger partial charge in [-0.2, -0.15) is 0 Å². The Morgan fingerprint density at radius 1 is 0.846 bits per heavy atom. The Labute approximate surface area is 233 Å². The summed E-state index contributed by atoms with van der Waals surface area (Å²) in [6.45, 7) is 9.95. The van der Waals surface area contributed by atoms with Crippen molar-refractivity contribution in [1.82, 2.24) is 4.57 Å². The van der Waals surface area contributed by atoms with Crippen molar-refractivity contribution in [3.63, 3.8) is 0 Å². The first-order valence-electron chi connectivity index (χ1n) is 13.2. The van der Waals surface area contributed by atoms with E-state index >= 15 is 0 Å². The normalized spacial score (nSPS) is 10.9. The van der Waals surface area contributed by atoms with Gasteiger partial charge in [0.15, 0.2) is 0 Å². The Balaban J connectivity index is 1.92. The molecule has 39 heavy (non-hydrogen) atoms. The molecule has 0 aliphatic carbocycles. The van der Waals surface area contributed by atoms with Crippen molar-refractivity contribution in [3.8, 4) is 17.2 Å². The van der Waals surface area contributed by atoms with Gasteiger partial charge in [-0.15, -0.1) is 0 Å². The van der Waals surface area contributed by atoms with Gasteiger partial charge in [-0.25, -0.2) is 4.79 Å². The molecule has 4 rings (SSSR count). The van der Waals surface area contributed by atoms with E-state index in [0.29, 0.717) is 33.2 Å². The summed E-state index contributed by atoms with van der Waals surface area (Å²) in [5.74, 6) is 0.146. The van der Waals surface area contributed by atoms with Crippen LogP contribution in [0.25, 0.3) is 16.6 Å². The second-order valence-corrected chi connectivity index (χ2v) is 9.22. The Morgan fingerprint density at radius 2 is 1.54 bits per heavy atom. The van der Waals surface area contributed by atoms with Crippen LogP contribution < -0.4 is 9.64 Å². The summed E-state index contributed by atoms with van der Waals surface area (Å²) >= 11 is 6.13. The number of ether oxygens (including phenoxy) is 3. The highest BCUT2D eigenvalue weighted by Gasteiger charge is 2.27. The molecule has 0 bridgehead atoms. The van der Waals surface area contributed by atoms with Crippen LogP contribution in [0.15, 0.2) is 66.7 Å². The number of hydrogen-bond donors (Lipinski definition) is 0. The van der Waals surface area contributed by atoms with Crippen LogP contribution in [0.3, 0.4) is 0 Å². The molecule has 0 amide bonds. The third kappa shape index (κ3) is 6.20. The number of esters is 2. The summed E-state index contributed by atoms with van der Waals surface area (Å²) in [6.07, 6.45) is -0.0983. The zero-order valence-corrected chi connectivity index (χ0v) is 23.5. The van der Waals surface area contributed by atoms with E-state index in [1.54, 1.807) is 44.2 Å². The van der Waals surface area contributed by atoms with Gasteiger partial charge >= 0.3 is 11.9 Å². The van der Waals surface area contributed by atoms with Crippen molar-refractivity contribution >= 4 is 40.1 Å². The van der Waals surface area contributed by atoms with E-state index in [2.05, 4.69) is 18.7 Å². The number of carbonyl (C=O) groups is 2. The molecule has 0 aliphatic heterocycles. The van der Waals surface area contributed by atoms with Crippen LogP contribution in [-0.2, 0) is 20.7 Å². The van der Waals surface area contributed by atoms with E-state index in [4.69, 9.17) is 25.8 Å². The average molecular weight is 549 g/mol. The van der Waals surface area contributed by atoms with Gasteiger partial charge in [0.25, 0.3) is 0 Å². The molecule has 1 heterocycles. The molecule has 0 radical (unpaired) electrons. The monoisotopic (exact) mass is 548 g/mol. The number of rotatable bonds is 11. The van der Waals surface area contributed by atoms with Crippen molar-refractivity contribution in [1.29, 1.82) is 0 Å². The van der Waals surface area contributed by atoms with Gasteiger partial charge in [-0.1, -0.05) is 17.7 Å². The Morgan fingerprint density at radius 3 is 2.18 bits per heavy atom. The predicted octanol–water partition coefficient (Wildman–Crippen LogP) is 7.20. The van der Waals surface area contributed by atoms with Gasteiger partial charge < -0.3 is 23.7 Å². The lowest BCUT2D eigenvalue weighted by molar-refractivity contribution is -0.142. The predicted molar refractivity (Wildman–Crippen MR) is 155 cm³/mol. The summed E-state index contributed by atoms with van der Waals surface area (Å²) < 4.78 is 18.7. The molecule has 4 aromatic rings. The van der Waals surface area contributed by atoms with Gasteiger partial charge in [0.05, 0.1) is 30.7 Å². The standard InChI is InChI=1S/C31H33ClN2O5/c1-5-33(6-2)22-12-14-23(15-13-22)34-27-17-16-25(39-24-11-9-10-21(32)18-24)19-26(27)30(31(36)38-8-4)28(34)20-29(35)37-7-3/h9-19H,5-8,20H2,1-4H3. The third-order valence-corrected chi connectivity index (χ3v) is 6.64. The zero-order chi connectivity index (χ0) is 27.9. The first-order valence-corrected chi connectivity index (χ1v) is 13.6. The smallest absolute Gasteiger partial charge is 0.340 e. The van der Waals surface area contributed by atoms with Crippen LogP contribution >= 0.6 is 11.6 Å². The van der Waals surface area contributed by atoms with E-state index in [1.165, 1.54) is 0 Å². The number of carbonyl (C=O) groups excluding carboxylic acids is 2. The molecule has 0 unspecified atom stereocenters. The average Bonchev–Trinajstić information content (AvgIpc) is 3.23. The summed E-state index contributed by atoms with van der Waals surface area (Å²) in [5.41, 5.74) is 3.46. The lowest BCUT2D eigenvalue weighted by Crippen LogP contribution is -2.21. The summed E-state index contributed by atoms with van der Waals surface area (Å²) in [4.78, 5) is 28.3. The van der Waals surface area contributed by atoms with Crippen molar-refractivity contribution < 1.29 is 23.8 Å². The number of benzene rings is 3. The summed E-state index contributed by atoms with van der Waals surface area (Å²) in [5, 5.41) is 1.16. The maximum Gasteiger partial charge on any atom is 0.340 e. The molecule has 0 spiro atoms. The van der Waals surface area contributed by atoms with E-state index in [9.17, 15) is 9.59 Å². The molecule has 0 saturated heterocycles. The topological polar surface area (TPSA) is 70.0 Å². The van der Waals surface area contributed by atoms with Gasteiger partial charge in [0, 0.05) is 40.6 Å². The molecular weight excluding hydrogens is 516 g/mol. The second kappa shape index (κ2) is 12.7. The lowest BCUT2D eigenvalue weighted by atomic mass is 10.1. The Kier molecular flexibility index (Phi) is 9.15. The molecule has 204 valence electrons. The molecular formula is C31H33ClN2O5. The van der Waals surface area contributed by atoms with Crippen molar-refractivity contribution in [2.24, 2.45) is 0 Å². The SMILES string of the molecule is CCOC(=O)Cc1c(C(=O)OCC)c2cc(Oc3cccc(Cl)c3)ccc2n1-c1ccc(N(CC)CC)cc1. The summed E-state index contributed by atoms with van der Waals surface area (Å²) in [7, 11) is 0. The third-order valence-electron chi connectivity index (χ3n) is 6.40. The Hall–Kier alpha value is -3.97. The van der Waals surface area contributed by atoms with Gasteiger partial charge in [0.2, 0.25) is 0 Å². The lowest BCUT2D eigenvalue weighted by Gasteiger charge is -2.21. The first-order chi connectivity index (χ1) is 18.9. The molecule has 0 saturated carbocycles. The molecule has 1 aromatic heterocycles. The highest BCUT2D eigenvalue weighted by Crippen LogP contribution is 2.35. The van der Waals surface area contributed by atoms with Gasteiger partial charge in [0.1, 0.15) is 11.5 Å². The number of halogens is 1. The molecule has 8 heteroatoms. The quantitative estimate of drug-likeness (QED) is 0.184. The maximum absolute atomic E-state index is 13.3. The summed E-state index contributed by atoms with van der Waals surface area (Å²) in [6, 6.07) is 20.7. The van der Waals surface area contributed by atoms with Crippen LogP contribution in [0.4, 0.5) is 5.69 Å². The van der Waals surface area contributed by atoms with Crippen molar-refractivity contribution in [2.75, 3.05) is 31.2 Å². The minimum atomic E-state index is -0.514. The fourth-order valence-corrected chi connectivity index (χ4v) is 4.88. The molecule has 3 aromatic carbocycles. The van der Waals surface area contributed by atoms with Crippen LogP contribution in [0.5, 0.6) is 11.5 Å². The minimum Gasteiger partial charge on any atom is -0.466 e. The molecule has 0 fully saturated rings. The Bertz CT molecular complexity index is 1460. The fraction of sp³-hybridized carbons (Fsp3) is 0.290.